The predicted octanol–water partition coefficient (Wildman–Crippen LogP) is 2.62. The Morgan fingerprint density at radius 1 is 1.05 bits per heavy atom. The lowest BCUT2D eigenvalue weighted by molar-refractivity contribution is 0.424. The summed E-state index contributed by atoms with van der Waals surface area (Å²) in [5, 5.41) is 13.2. The van der Waals surface area contributed by atoms with Crippen molar-refractivity contribution < 1.29 is 9.63 Å². The standard InChI is InChI=1S/C15H13N3O2/c16-13-4-2-1-3-12(13)15-17-14(18-20-15)9-10-5-7-11(19)8-6-10/h1-8,19H,9,16H2. The summed E-state index contributed by atoms with van der Waals surface area (Å²) in [5.74, 6) is 1.23. The first-order valence-corrected chi connectivity index (χ1v) is 6.18. The molecule has 1 heterocycles. The van der Waals surface area contributed by atoms with E-state index in [9.17, 15) is 5.11 Å². The van der Waals surface area contributed by atoms with Gasteiger partial charge in [-0.15, -0.1) is 0 Å². The molecule has 20 heavy (non-hydrogen) atoms. The van der Waals surface area contributed by atoms with E-state index in [0.717, 1.165) is 11.1 Å². The van der Waals surface area contributed by atoms with Gasteiger partial charge in [0, 0.05) is 12.1 Å². The van der Waals surface area contributed by atoms with Crippen molar-refractivity contribution in [3.63, 3.8) is 0 Å². The van der Waals surface area contributed by atoms with E-state index >= 15 is 0 Å². The van der Waals surface area contributed by atoms with Gasteiger partial charge in [0.05, 0.1) is 5.56 Å². The molecule has 3 N–H and O–H groups in total. The fourth-order valence-electron chi connectivity index (χ4n) is 1.92. The van der Waals surface area contributed by atoms with Gasteiger partial charge in [0.15, 0.2) is 5.82 Å². The number of para-hydroxylation sites is 1. The van der Waals surface area contributed by atoms with Crippen LogP contribution in [-0.2, 0) is 6.42 Å². The number of phenolic OH excluding ortho intramolecular Hbond substituents is 1. The van der Waals surface area contributed by atoms with Crippen molar-refractivity contribution >= 4 is 5.69 Å². The van der Waals surface area contributed by atoms with Crippen molar-refractivity contribution in [3.05, 3.63) is 59.9 Å². The van der Waals surface area contributed by atoms with Gasteiger partial charge in [0.1, 0.15) is 5.75 Å². The van der Waals surface area contributed by atoms with Crippen LogP contribution in [0.2, 0.25) is 0 Å². The Hall–Kier alpha value is -2.82. The quantitative estimate of drug-likeness (QED) is 0.712. The highest BCUT2D eigenvalue weighted by atomic mass is 16.5. The Morgan fingerprint density at radius 3 is 2.55 bits per heavy atom. The van der Waals surface area contributed by atoms with Crippen LogP contribution in [0.25, 0.3) is 11.5 Å². The third-order valence-electron chi connectivity index (χ3n) is 2.96. The maximum atomic E-state index is 9.24. The fraction of sp³-hybridized carbons (Fsp3) is 0.0667. The monoisotopic (exact) mass is 267 g/mol. The second-order valence-corrected chi connectivity index (χ2v) is 4.45. The number of aromatic hydroxyl groups is 1. The molecule has 0 aliphatic heterocycles. The molecule has 0 aliphatic rings. The topological polar surface area (TPSA) is 85.2 Å². The second kappa shape index (κ2) is 5.05. The highest BCUT2D eigenvalue weighted by molar-refractivity contribution is 5.69. The average Bonchev–Trinajstić information content (AvgIpc) is 2.90. The van der Waals surface area contributed by atoms with Crippen molar-refractivity contribution in [3.8, 4) is 17.2 Å². The minimum atomic E-state index is 0.236. The van der Waals surface area contributed by atoms with E-state index in [1.54, 1.807) is 18.2 Å². The Balaban J connectivity index is 1.84. The van der Waals surface area contributed by atoms with Crippen LogP contribution in [0.4, 0.5) is 5.69 Å². The summed E-state index contributed by atoms with van der Waals surface area (Å²) in [4.78, 5) is 4.34. The Kier molecular flexibility index (Phi) is 3.09. The first-order chi connectivity index (χ1) is 9.72. The van der Waals surface area contributed by atoms with Gasteiger partial charge >= 0.3 is 0 Å². The average molecular weight is 267 g/mol. The van der Waals surface area contributed by atoms with Gasteiger partial charge in [-0.1, -0.05) is 29.4 Å². The van der Waals surface area contributed by atoms with Crippen LogP contribution in [0.3, 0.4) is 0 Å². The van der Waals surface area contributed by atoms with Crippen LogP contribution < -0.4 is 5.73 Å². The molecular formula is C15H13N3O2. The molecule has 0 atom stereocenters. The minimum absolute atomic E-state index is 0.236. The van der Waals surface area contributed by atoms with Crippen molar-refractivity contribution in [1.82, 2.24) is 10.1 Å². The molecule has 0 unspecified atom stereocenters. The summed E-state index contributed by atoms with van der Waals surface area (Å²) in [5.41, 5.74) is 8.21. The van der Waals surface area contributed by atoms with E-state index in [0.29, 0.717) is 23.8 Å². The number of rotatable bonds is 3. The number of hydrogen-bond acceptors (Lipinski definition) is 5. The maximum Gasteiger partial charge on any atom is 0.260 e. The molecule has 0 fully saturated rings. The first kappa shape index (κ1) is 12.2. The lowest BCUT2D eigenvalue weighted by atomic mass is 10.1. The summed E-state index contributed by atoms with van der Waals surface area (Å²) in [6.45, 7) is 0. The molecule has 100 valence electrons. The molecule has 2 aromatic carbocycles. The molecule has 3 aromatic rings. The van der Waals surface area contributed by atoms with Gasteiger partial charge in [-0.25, -0.2) is 0 Å². The van der Waals surface area contributed by atoms with E-state index < -0.39 is 0 Å². The van der Waals surface area contributed by atoms with Crippen LogP contribution in [-0.4, -0.2) is 15.2 Å². The normalized spacial score (nSPS) is 10.6. The number of benzene rings is 2. The number of aromatic nitrogens is 2. The molecule has 3 rings (SSSR count). The van der Waals surface area contributed by atoms with Gasteiger partial charge in [0.25, 0.3) is 5.89 Å². The van der Waals surface area contributed by atoms with Gasteiger partial charge < -0.3 is 15.4 Å². The predicted molar refractivity (Wildman–Crippen MR) is 75.1 cm³/mol. The maximum absolute atomic E-state index is 9.24. The van der Waals surface area contributed by atoms with Crippen LogP contribution in [0, 0.1) is 0 Å². The summed E-state index contributed by atoms with van der Waals surface area (Å²) >= 11 is 0. The van der Waals surface area contributed by atoms with Crippen LogP contribution >= 0.6 is 0 Å². The second-order valence-electron chi connectivity index (χ2n) is 4.45. The molecule has 5 nitrogen and oxygen atoms in total. The van der Waals surface area contributed by atoms with Gasteiger partial charge in [-0.05, 0) is 29.8 Å². The summed E-state index contributed by atoms with van der Waals surface area (Å²) in [6.07, 6.45) is 0.538. The van der Waals surface area contributed by atoms with Gasteiger partial charge in [-0.3, -0.25) is 0 Å². The van der Waals surface area contributed by atoms with E-state index in [2.05, 4.69) is 10.1 Å². The number of hydrogen-bond donors (Lipinski definition) is 2. The van der Waals surface area contributed by atoms with Crippen LogP contribution in [0.15, 0.2) is 53.1 Å². The van der Waals surface area contributed by atoms with Crippen molar-refractivity contribution in [2.24, 2.45) is 0 Å². The third kappa shape index (κ3) is 2.47. The molecule has 0 spiro atoms. The third-order valence-corrected chi connectivity index (χ3v) is 2.96. The van der Waals surface area contributed by atoms with Gasteiger partial charge in [-0.2, -0.15) is 4.98 Å². The molecule has 0 amide bonds. The fourth-order valence-corrected chi connectivity index (χ4v) is 1.92. The van der Waals surface area contributed by atoms with Crippen LogP contribution in [0.5, 0.6) is 5.75 Å². The number of nitrogens with two attached hydrogens (primary N) is 1. The molecule has 0 radical (unpaired) electrons. The Labute approximate surface area is 115 Å². The zero-order valence-corrected chi connectivity index (χ0v) is 10.7. The highest BCUT2D eigenvalue weighted by Gasteiger charge is 2.11. The molecular weight excluding hydrogens is 254 g/mol. The first-order valence-electron chi connectivity index (χ1n) is 6.18. The summed E-state index contributed by atoms with van der Waals surface area (Å²) < 4.78 is 5.24. The molecule has 0 bridgehead atoms. The van der Waals surface area contributed by atoms with E-state index in [-0.39, 0.29) is 5.75 Å². The van der Waals surface area contributed by atoms with E-state index in [4.69, 9.17) is 10.3 Å². The molecule has 0 saturated carbocycles. The SMILES string of the molecule is Nc1ccccc1-c1nc(Cc2ccc(O)cc2)no1. The smallest absolute Gasteiger partial charge is 0.260 e. The Morgan fingerprint density at radius 2 is 1.80 bits per heavy atom. The molecule has 1 aromatic heterocycles. The van der Waals surface area contributed by atoms with Crippen LogP contribution in [0.1, 0.15) is 11.4 Å². The number of nitrogens with zero attached hydrogens (tertiary/aromatic N) is 2. The van der Waals surface area contributed by atoms with Crippen molar-refractivity contribution in [2.75, 3.05) is 5.73 Å². The summed E-state index contributed by atoms with van der Waals surface area (Å²) in [7, 11) is 0. The minimum Gasteiger partial charge on any atom is -0.508 e. The van der Waals surface area contributed by atoms with E-state index in [1.807, 2.05) is 30.3 Å². The lowest BCUT2D eigenvalue weighted by Crippen LogP contribution is -1.92. The molecule has 0 saturated heterocycles. The number of phenols is 1. The lowest BCUT2D eigenvalue weighted by Gasteiger charge is -1.98. The number of nitrogen functional groups attached to an aromatic ring is 1. The molecule has 5 heteroatoms. The van der Waals surface area contributed by atoms with Gasteiger partial charge in [0.2, 0.25) is 0 Å². The number of anilines is 1. The molecule has 0 aliphatic carbocycles. The van der Waals surface area contributed by atoms with Crippen molar-refractivity contribution in [2.45, 2.75) is 6.42 Å². The zero-order valence-electron chi connectivity index (χ0n) is 10.7. The van der Waals surface area contributed by atoms with Crippen molar-refractivity contribution in [1.29, 1.82) is 0 Å². The van der Waals surface area contributed by atoms with E-state index in [1.165, 1.54) is 0 Å². The Bertz CT molecular complexity index is 720. The largest absolute Gasteiger partial charge is 0.508 e. The highest BCUT2D eigenvalue weighted by Crippen LogP contribution is 2.24. The summed E-state index contributed by atoms with van der Waals surface area (Å²) in [6, 6.07) is 14.3. The zero-order chi connectivity index (χ0) is 13.9.